The zero-order valence-electron chi connectivity index (χ0n) is 14.5. The highest BCUT2D eigenvalue weighted by molar-refractivity contribution is 5.63. The van der Waals surface area contributed by atoms with E-state index in [1.165, 1.54) is 16.7 Å². The molecule has 2 nitrogen and oxygen atoms in total. The second-order valence-corrected chi connectivity index (χ2v) is 6.19. The molecule has 0 bridgehead atoms. The summed E-state index contributed by atoms with van der Waals surface area (Å²) in [6.45, 7) is 0.729. The molecule has 0 radical (unpaired) electrons. The van der Waals surface area contributed by atoms with Gasteiger partial charge in [-0.1, -0.05) is 72.8 Å². The van der Waals surface area contributed by atoms with Gasteiger partial charge in [0.15, 0.2) is 0 Å². The normalized spacial score (nSPS) is 11.9. The molecule has 25 heavy (non-hydrogen) atoms. The van der Waals surface area contributed by atoms with Gasteiger partial charge in [0, 0.05) is 0 Å². The lowest BCUT2D eigenvalue weighted by molar-refractivity contribution is 0.191. The van der Waals surface area contributed by atoms with Crippen molar-refractivity contribution in [3.05, 3.63) is 90.5 Å². The van der Waals surface area contributed by atoms with Crippen molar-refractivity contribution < 1.29 is 4.74 Å². The van der Waals surface area contributed by atoms with Gasteiger partial charge in [-0.3, -0.25) is 0 Å². The number of hydrogen-bond acceptors (Lipinski definition) is 2. The maximum Gasteiger partial charge on any atom is 0.124 e. The zero-order chi connectivity index (χ0) is 17.3. The molecule has 0 heterocycles. The molecule has 2 N–H and O–H groups in total. The van der Waals surface area contributed by atoms with E-state index in [2.05, 4.69) is 72.8 Å². The summed E-state index contributed by atoms with van der Waals surface area (Å²) in [6, 6.07) is 29.2. The fourth-order valence-electron chi connectivity index (χ4n) is 2.96. The average molecular weight is 331 g/mol. The Bertz CT molecular complexity index is 738. The van der Waals surface area contributed by atoms with Gasteiger partial charge in [0.05, 0.1) is 0 Å². The zero-order valence-corrected chi connectivity index (χ0v) is 14.5. The van der Waals surface area contributed by atoms with Crippen molar-refractivity contribution in [2.45, 2.75) is 25.4 Å². The van der Waals surface area contributed by atoms with Crippen LogP contribution >= 0.6 is 0 Å². The van der Waals surface area contributed by atoms with Crippen molar-refractivity contribution in [1.29, 1.82) is 0 Å². The predicted octanol–water partition coefficient (Wildman–Crippen LogP) is 5.60. The molecule has 1 unspecified atom stereocenters. The summed E-state index contributed by atoms with van der Waals surface area (Å²) in [5.74, 6) is 0.904. The third-order valence-corrected chi connectivity index (χ3v) is 4.33. The molecule has 3 rings (SSSR count). The van der Waals surface area contributed by atoms with Gasteiger partial charge in [-0.25, -0.2) is 0 Å². The molecule has 2 heteroatoms. The topological polar surface area (TPSA) is 35.2 Å². The molecule has 0 aromatic heterocycles. The second kappa shape index (κ2) is 9.05. The predicted molar refractivity (Wildman–Crippen MR) is 105 cm³/mol. The highest BCUT2D eigenvalue weighted by Crippen LogP contribution is 2.28. The number of benzene rings is 3. The molecular weight excluding hydrogens is 306 g/mol. The van der Waals surface area contributed by atoms with Gasteiger partial charge in [0.1, 0.15) is 11.9 Å². The SMILES string of the molecule is NCCCCC(Oc1ccc(-c2ccccc2)cc1)c1ccccc1. The van der Waals surface area contributed by atoms with Crippen LogP contribution in [0.3, 0.4) is 0 Å². The first-order valence-corrected chi connectivity index (χ1v) is 8.94. The van der Waals surface area contributed by atoms with Gasteiger partial charge in [0.25, 0.3) is 0 Å². The molecule has 128 valence electrons. The van der Waals surface area contributed by atoms with E-state index in [0.29, 0.717) is 0 Å². The molecule has 0 fully saturated rings. The standard InChI is InChI=1S/C23H25NO/c24-18-8-7-13-23(21-11-5-2-6-12-21)25-22-16-14-20(15-17-22)19-9-3-1-4-10-19/h1-6,9-12,14-17,23H,7-8,13,18,24H2. The van der Waals surface area contributed by atoms with Crippen LogP contribution in [0.5, 0.6) is 5.75 Å². The molecule has 0 saturated carbocycles. The molecule has 0 aliphatic rings. The monoisotopic (exact) mass is 331 g/mol. The van der Waals surface area contributed by atoms with Crippen LogP contribution in [0, 0.1) is 0 Å². The first-order valence-electron chi connectivity index (χ1n) is 8.94. The Morgan fingerprint density at radius 1 is 0.680 bits per heavy atom. The lowest BCUT2D eigenvalue weighted by Crippen LogP contribution is -2.09. The van der Waals surface area contributed by atoms with Crippen LogP contribution in [0.15, 0.2) is 84.9 Å². The Morgan fingerprint density at radius 3 is 1.92 bits per heavy atom. The maximum atomic E-state index is 6.30. The minimum absolute atomic E-state index is 0.0651. The van der Waals surface area contributed by atoms with Crippen LogP contribution in [0.2, 0.25) is 0 Å². The summed E-state index contributed by atoms with van der Waals surface area (Å²) in [7, 11) is 0. The lowest BCUT2D eigenvalue weighted by Gasteiger charge is -2.20. The minimum Gasteiger partial charge on any atom is -0.486 e. The maximum absolute atomic E-state index is 6.30. The number of nitrogens with two attached hydrogens (primary N) is 1. The number of unbranched alkanes of at least 4 members (excludes halogenated alkanes) is 1. The van der Waals surface area contributed by atoms with Crippen LogP contribution in [-0.4, -0.2) is 6.54 Å². The van der Waals surface area contributed by atoms with Crippen LogP contribution in [0.4, 0.5) is 0 Å². The van der Waals surface area contributed by atoms with Crippen molar-refractivity contribution in [2.24, 2.45) is 5.73 Å². The molecule has 0 aliphatic heterocycles. The Morgan fingerprint density at radius 2 is 1.28 bits per heavy atom. The number of hydrogen-bond donors (Lipinski definition) is 1. The smallest absolute Gasteiger partial charge is 0.124 e. The van der Waals surface area contributed by atoms with E-state index in [0.717, 1.165) is 31.6 Å². The molecule has 0 aliphatic carbocycles. The van der Waals surface area contributed by atoms with Gasteiger partial charge in [-0.2, -0.15) is 0 Å². The van der Waals surface area contributed by atoms with Crippen molar-refractivity contribution >= 4 is 0 Å². The van der Waals surface area contributed by atoms with E-state index in [1.807, 2.05) is 12.1 Å². The van der Waals surface area contributed by atoms with Crippen molar-refractivity contribution in [2.75, 3.05) is 6.54 Å². The van der Waals surface area contributed by atoms with E-state index in [9.17, 15) is 0 Å². The Balaban J connectivity index is 1.72. The van der Waals surface area contributed by atoms with Crippen LogP contribution in [-0.2, 0) is 0 Å². The summed E-state index contributed by atoms with van der Waals surface area (Å²) in [6.07, 6.45) is 3.13. The molecule has 0 saturated heterocycles. The largest absolute Gasteiger partial charge is 0.486 e. The van der Waals surface area contributed by atoms with Crippen LogP contribution in [0.1, 0.15) is 30.9 Å². The van der Waals surface area contributed by atoms with Crippen molar-refractivity contribution in [1.82, 2.24) is 0 Å². The molecule has 0 spiro atoms. The Kier molecular flexibility index (Phi) is 6.24. The minimum atomic E-state index is 0.0651. The van der Waals surface area contributed by atoms with Gasteiger partial charge in [-0.05, 0) is 54.6 Å². The van der Waals surface area contributed by atoms with Crippen molar-refractivity contribution in [3.8, 4) is 16.9 Å². The molecular formula is C23H25NO. The highest BCUT2D eigenvalue weighted by atomic mass is 16.5. The second-order valence-electron chi connectivity index (χ2n) is 6.19. The van der Waals surface area contributed by atoms with E-state index in [1.54, 1.807) is 0 Å². The molecule has 0 amide bonds. The van der Waals surface area contributed by atoms with Gasteiger partial charge < -0.3 is 10.5 Å². The van der Waals surface area contributed by atoms with E-state index >= 15 is 0 Å². The van der Waals surface area contributed by atoms with Gasteiger partial charge in [-0.15, -0.1) is 0 Å². The quantitative estimate of drug-likeness (QED) is 0.545. The van der Waals surface area contributed by atoms with E-state index in [-0.39, 0.29) is 6.10 Å². The average Bonchev–Trinajstić information content (AvgIpc) is 2.69. The molecule has 3 aromatic rings. The van der Waals surface area contributed by atoms with Crippen LogP contribution in [0.25, 0.3) is 11.1 Å². The number of rotatable bonds is 8. The lowest BCUT2D eigenvalue weighted by atomic mass is 10.0. The first kappa shape index (κ1) is 17.2. The summed E-state index contributed by atoms with van der Waals surface area (Å²) in [4.78, 5) is 0. The third kappa shape index (κ3) is 4.94. The molecule has 3 aromatic carbocycles. The van der Waals surface area contributed by atoms with Crippen molar-refractivity contribution in [3.63, 3.8) is 0 Å². The Labute approximate surface area is 150 Å². The van der Waals surface area contributed by atoms with Crippen LogP contribution < -0.4 is 10.5 Å². The highest BCUT2D eigenvalue weighted by Gasteiger charge is 2.13. The van der Waals surface area contributed by atoms with E-state index in [4.69, 9.17) is 10.5 Å². The van der Waals surface area contributed by atoms with Gasteiger partial charge >= 0.3 is 0 Å². The molecule has 1 atom stereocenters. The first-order chi connectivity index (χ1) is 12.4. The number of ether oxygens (including phenoxy) is 1. The van der Waals surface area contributed by atoms with Gasteiger partial charge in [0.2, 0.25) is 0 Å². The summed E-state index contributed by atoms with van der Waals surface area (Å²) in [5, 5.41) is 0. The fourth-order valence-corrected chi connectivity index (χ4v) is 2.96. The van der Waals surface area contributed by atoms with E-state index < -0.39 is 0 Å². The Hall–Kier alpha value is -2.58. The summed E-state index contributed by atoms with van der Waals surface area (Å²) >= 11 is 0. The summed E-state index contributed by atoms with van der Waals surface area (Å²) in [5.41, 5.74) is 9.27. The third-order valence-electron chi connectivity index (χ3n) is 4.33. The summed E-state index contributed by atoms with van der Waals surface area (Å²) < 4.78 is 6.30. The fraction of sp³-hybridized carbons (Fsp3) is 0.217.